The summed E-state index contributed by atoms with van der Waals surface area (Å²) in [5.41, 5.74) is 1.06. The SMILES string of the molecule is CN1CCN(C(=O)C[C@H]2CC[C@H]3[C@H](COc4ccc(NC(=O)C5CC5)cc4C(=O)N3C)O2)CC1. The summed E-state index contributed by atoms with van der Waals surface area (Å²) in [7, 11) is 3.87. The van der Waals surface area contributed by atoms with Crippen molar-refractivity contribution >= 4 is 23.4 Å². The average molecular weight is 471 g/mol. The first-order chi connectivity index (χ1) is 16.4. The van der Waals surface area contributed by atoms with Crippen LogP contribution in [0.3, 0.4) is 0 Å². The minimum Gasteiger partial charge on any atom is -0.490 e. The van der Waals surface area contributed by atoms with Crippen molar-refractivity contribution in [1.29, 1.82) is 0 Å². The Hall–Kier alpha value is -2.65. The smallest absolute Gasteiger partial charge is 0.257 e. The summed E-state index contributed by atoms with van der Waals surface area (Å²) in [6.07, 6.45) is 3.23. The Morgan fingerprint density at radius 3 is 2.56 bits per heavy atom. The first-order valence-corrected chi connectivity index (χ1v) is 12.4. The van der Waals surface area contributed by atoms with Crippen LogP contribution in [0.4, 0.5) is 5.69 Å². The molecule has 1 saturated carbocycles. The lowest BCUT2D eigenvalue weighted by Crippen LogP contribution is -2.54. The predicted octanol–water partition coefficient (Wildman–Crippen LogP) is 1.58. The molecule has 34 heavy (non-hydrogen) atoms. The molecule has 3 fully saturated rings. The third-order valence-electron chi connectivity index (χ3n) is 7.49. The molecule has 3 atom stereocenters. The number of nitrogens with one attached hydrogen (secondary N) is 1. The summed E-state index contributed by atoms with van der Waals surface area (Å²) in [5.74, 6) is 0.568. The first-order valence-electron chi connectivity index (χ1n) is 12.4. The van der Waals surface area contributed by atoms with E-state index in [2.05, 4.69) is 17.3 Å². The molecule has 3 amide bonds. The van der Waals surface area contributed by atoms with Crippen LogP contribution in [0.1, 0.15) is 42.5 Å². The zero-order valence-electron chi connectivity index (χ0n) is 20.0. The first kappa shape index (κ1) is 23.1. The lowest BCUT2D eigenvalue weighted by molar-refractivity contribution is -0.144. The van der Waals surface area contributed by atoms with Crippen molar-refractivity contribution in [2.45, 2.75) is 50.4 Å². The standard InChI is InChI=1S/C25H34N4O5/c1-27-9-11-29(12-10-27)23(30)14-18-6-7-20-22(34-18)15-33-21-8-5-17(26-24(31)16-3-4-16)13-19(21)25(32)28(20)2/h5,8,13,16,18,20,22H,3-4,6-7,9-12,14-15H2,1-2H3,(H,26,31)/t18-,20+,22+/m1/s1. The second-order valence-corrected chi connectivity index (χ2v) is 10.0. The van der Waals surface area contributed by atoms with E-state index in [0.29, 0.717) is 30.0 Å². The maximum Gasteiger partial charge on any atom is 0.257 e. The predicted molar refractivity (Wildman–Crippen MR) is 126 cm³/mol. The number of hydrogen-bond acceptors (Lipinski definition) is 6. The Morgan fingerprint density at radius 1 is 1.06 bits per heavy atom. The zero-order valence-corrected chi connectivity index (χ0v) is 20.0. The van der Waals surface area contributed by atoms with Crippen molar-refractivity contribution in [1.82, 2.24) is 14.7 Å². The van der Waals surface area contributed by atoms with Crippen molar-refractivity contribution in [3.63, 3.8) is 0 Å². The number of nitrogens with zero attached hydrogens (tertiary/aromatic N) is 3. The molecule has 3 aliphatic heterocycles. The van der Waals surface area contributed by atoms with Crippen LogP contribution in [0.2, 0.25) is 0 Å². The van der Waals surface area contributed by atoms with E-state index in [9.17, 15) is 14.4 Å². The molecule has 0 aromatic heterocycles. The van der Waals surface area contributed by atoms with Crippen LogP contribution in [0.5, 0.6) is 5.75 Å². The van der Waals surface area contributed by atoms with Gasteiger partial charge in [-0.05, 0) is 50.9 Å². The number of piperazine rings is 1. The summed E-state index contributed by atoms with van der Waals surface area (Å²) in [5, 5.41) is 2.91. The maximum absolute atomic E-state index is 13.3. The van der Waals surface area contributed by atoms with Crippen LogP contribution >= 0.6 is 0 Å². The van der Waals surface area contributed by atoms with Crippen molar-refractivity contribution in [3.05, 3.63) is 23.8 Å². The van der Waals surface area contributed by atoms with Gasteiger partial charge in [-0.15, -0.1) is 0 Å². The lowest BCUT2D eigenvalue weighted by atomic mass is 9.94. The average Bonchev–Trinajstić information content (AvgIpc) is 3.68. The van der Waals surface area contributed by atoms with E-state index in [-0.39, 0.29) is 41.9 Å². The highest BCUT2D eigenvalue weighted by atomic mass is 16.5. The molecular formula is C25H34N4O5. The second-order valence-electron chi connectivity index (χ2n) is 10.0. The summed E-state index contributed by atoms with van der Waals surface area (Å²) in [6.45, 7) is 3.62. The fraction of sp³-hybridized carbons (Fsp3) is 0.640. The van der Waals surface area contributed by atoms with Crippen LogP contribution in [0.25, 0.3) is 0 Å². The molecule has 9 nitrogen and oxygen atoms in total. The molecule has 1 aromatic rings. The Morgan fingerprint density at radius 2 is 1.82 bits per heavy atom. The number of carbonyl (C=O) groups is 3. The number of ether oxygens (including phenoxy) is 2. The van der Waals surface area contributed by atoms with Gasteiger partial charge in [-0.1, -0.05) is 0 Å². The van der Waals surface area contributed by atoms with Gasteiger partial charge in [0, 0.05) is 44.8 Å². The summed E-state index contributed by atoms with van der Waals surface area (Å²) < 4.78 is 12.3. The van der Waals surface area contributed by atoms with Gasteiger partial charge in [-0.25, -0.2) is 0 Å². The van der Waals surface area contributed by atoms with Gasteiger partial charge in [0.2, 0.25) is 11.8 Å². The van der Waals surface area contributed by atoms with Gasteiger partial charge in [0.1, 0.15) is 18.5 Å². The highest BCUT2D eigenvalue weighted by Crippen LogP contribution is 2.34. The molecular weight excluding hydrogens is 436 g/mol. The monoisotopic (exact) mass is 470 g/mol. The minimum absolute atomic E-state index is 0.00502. The summed E-state index contributed by atoms with van der Waals surface area (Å²) in [4.78, 5) is 44.2. The van der Waals surface area contributed by atoms with E-state index >= 15 is 0 Å². The normalized spacial score (nSPS) is 27.7. The second kappa shape index (κ2) is 9.54. The van der Waals surface area contributed by atoms with Crippen molar-refractivity contribution < 1.29 is 23.9 Å². The number of amides is 3. The van der Waals surface area contributed by atoms with Crippen molar-refractivity contribution in [2.75, 3.05) is 52.2 Å². The molecule has 3 heterocycles. The van der Waals surface area contributed by atoms with Crippen LogP contribution in [0.15, 0.2) is 18.2 Å². The molecule has 0 spiro atoms. The summed E-state index contributed by atoms with van der Waals surface area (Å²) in [6, 6.07) is 5.09. The lowest BCUT2D eigenvalue weighted by Gasteiger charge is -2.42. The number of benzene rings is 1. The van der Waals surface area contributed by atoms with Crippen molar-refractivity contribution in [3.8, 4) is 5.75 Å². The molecule has 1 aliphatic carbocycles. The Labute approximate surface area is 200 Å². The Kier molecular flexibility index (Phi) is 6.48. The van der Waals surface area contributed by atoms with E-state index in [1.54, 1.807) is 30.1 Å². The highest BCUT2D eigenvalue weighted by Gasteiger charge is 2.40. The van der Waals surface area contributed by atoms with Crippen LogP contribution in [-0.4, -0.2) is 97.6 Å². The van der Waals surface area contributed by atoms with Gasteiger partial charge in [-0.2, -0.15) is 0 Å². The van der Waals surface area contributed by atoms with Gasteiger partial charge in [0.25, 0.3) is 5.91 Å². The van der Waals surface area contributed by atoms with Gasteiger partial charge in [-0.3, -0.25) is 14.4 Å². The van der Waals surface area contributed by atoms with Crippen LogP contribution in [0, 0.1) is 5.92 Å². The number of carbonyl (C=O) groups excluding carboxylic acids is 3. The van der Waals surface area contributed by atoms with E-state index in [4.69, 9.17) is 9.47 Å². The molecule has 1 aromatic carbocycles. The number of fused-ring (bicyclic) bond motifs is 2. The third kappa shape index (κ3) is 4.90. The van der Waals surface area contributed by atoms with E-state index in [0.717, 1.165) is 51.9 Å². The fourth-order valence-corrected chi connectivity index (χ4v) is 5.07. The van der Waals surface area contributed by atoms with Crippen LogP contribution < -0.4 is 10.1 Å². The topological polar surface area (TPSA) is 91.4 Å². The van der Waals surface area contributed by atoms with Crippen LogP contribution in [-0.2, 0) is 14.3 Å². The quantitative estimate of drug-likeness (QED) is 0.719. The van der Waals surface area contributed by atoms with E-state index in [1.165, 1.54) is 0 Å². The van der Waals surface area contributed by atoms with Gasteiger partial charge < -0.3 is 29.5 Å². The highest BCUT2D eigenvalue weighted by molar-refractivity contribution is 6.00. The minimum atomic E-state index is -0.296. The number of anilines is 1. The Balaban J connectivity index is 1.24. The molecule has 0 unspecified atom stereocenters. The molecule has 9 heteroatoms. The molecule has 0 bridgehead atoms. The van der Waals surface area contributed by atoms with Gasteiger partial charge >= 0.3 is 0 Å². The number of rotatable bonds is 4. The molecule has 184 valence electrons. The molecule has 1 N–H and O–H groups in total. The third-order valence-corrected chi connectivity index (χ3v) is 7.49. The number of likely N-dealkylation sites (N-methyl/N-ethyl adjacent to an activating group) is 2. The molecule has 2 saturated heterocycles. The van der Waals surface area contributed by atoms with E-state index < -0.39 is 0 Å². The fourth-order valence-electron chi connectivity index (χ4n) is 5.07. The maximum atomic E-state index is 13.3. The molecule has 0 radical (unpaired) electrons. The zero-order chi connectivity index (χ0) is 23.8. The van der Waals surface area contributed by atoms with E-state index in [1.807, 2.05) is 4.90 Å². The molecule has 5 rings (SSSR count). The van der Waals surface area contributed by atoms with Crippen molar-refractivity contribution in [2.24, 2.45) is 5.92 Å². The Bertz CT molecular complexity index is 957. The largest absolute Gasteiger partial charge is 0.490 e. The van der Waals surface area contributed by atoms with Gasteiger partial charge in [0.15, 0.2) is 0 Å². The summed E-state index contributed by atoms with van der Waals surface area (Å²) >= 11 is 0. The molecule has 4 aliphatic rings. The van der Waals surface area contributed by atoms with Gasteiger partial charge in [0.05, 0.1) is 24.1 Å². The number of hydrogen-bond donors (Lipinski definition) is 1.